The van der Waals surface area contributed by atoms with Crippen molar-refractivity contribution in [1.29, 1.82) is 5.26 Å². The fourth-order valence-electron chi connectivity index (χ4n) is 3.06. The number of hydrogen-bond donors (Lipinski definition) is 1. The molecule has 1 saturated heterocycles. The van der Waals surface area contributed by atoms with Crippen LogP contribution in [0.25, 0.3) is 0 Å². The molecule has 0 aliphatic carbocycles. The van der Waals surface area contributed by atoms with Gasteiger partial charge in [0.1, 0.15) is 0 Å². The van der Waals surface area contributed by atoms with Crippen LogP contribution in [0.2, 0.25) is 0 Å². The third kappa shape index (κ3) is 3.82. The molecule has 20 heavy (non-hydrogen) atoms. The molecule has 0 saturated carbocycles. The Balaban J connectivity index is 1.91. The van der Waals surface area contributed by atoms with Crippen molar-refractivity contribution in [2.75, 3.05) is 26.7 Å². The first-order chi connectivity index (χ1) is 9.74. The molecule has 0 amide bonds. The molecule has 1 atom stereocenters. The molecule has 3 heteroatoms. The minimum absolute atomic E-state index is 0.411. The molecule has 1 fully saturated rings. The van der Waals surface area contributed by atoms with E-state index in [0.29, 0.717) is 6.04 Å². The Hall–Kier alpha value is -1.37. The van der Waals surface area contributed by atoms with Crippen LogP contribution in [0.1, 0.15) is 43.4 Å². The summed E-state index contributed by atoms with van der Waals surface area (Å²) in [6.07, 6.45) is 3.89. The van der Waals surface area contributed by atoms with Crippen molar-refractivity contribution >= 4 is 0 Å². The second-order valence-corrected chi connectivity index (χ2v) is 5.78. The van der Waals surface area contributed by atoms with E-state index in [0.717, 1.165) is 18.0 Å². The maximum absolute atomic E-state index is 9.00. The predicted molar refractivity (Wildman–Crippen MR) is 82.4 cm³/mol. The summed E-state index contributed by atoms with van der Waals surface area (Å²) >= 11 is 0. The van der Waals surface area contributed by atoms with Crippen molar-refractivity contribution in [2.45, 2.75) is 32.2 Å². The summed E-state index contributed by atoms with van der Waals surface area (Å²) in [5.74, 6) is 0.872. The van der Waals surface area contributed by atoms with Crippen molar-refractivity contribution in [1.82, 2.24) is 10.2 Å². The van der Waals surface area contributed by atoms with Gasteiger partial charge in [0.2, 0.25) is 0 Å². The normalized spacial score (nSPS) is 18.6. The zero-order valence-corrected chi connectivity index (χ0v) is 12.6. The molecular formula is C17H25N3. The quantitative estimate of drug-likeness (QED) is 0.895. The summed E-state index contributed by atoms with van der Waals surface area (Å²) in [5.41, 5.74) is 2.02. The van der Waals surface area contributed by atoms with Crippen LogP contribution in [0.15, 0.2) is 24.3 Å². The fraction of sp³-hybridized carbons (Fsp3) is 0.588. The number of nitrogens with zero attached hydrogens (tertiary/aromatic N) is 2. The van der Waals surface area contributed by atoms with Gasteiger partial charge in [-0.1, -0.05) is 12.1 Å². The SMILES string of the molecule is CNCCC1CCN(C(C)c2cccc(C#N)c2)CC1. The van der Waals surface area contributed by atoms with E-state index in [1.807, 2.05) is 25.2 Å². The van der Waals surface area contributed by atoms with Crippen LogP contribution >= 0.6 is 0 Å². The highest BCUT2D eigenvalue weighted by atomic mass is 15.2. The lowest BCUT2D eigenvalue weighted by Crippen LogP contribution is -2.36. The van der Waals surface area contributed by atoms with Crippen LogP contribution in [0.5, 0.6) is 0 Å². The molecule has 1 heterocycles. The van der Waals surface area contributed by atoms with E-state index in [9.17, 15) is 0 Å². The van der Waals surface area contributed by atoms with Crippen molar-refractivity contribution in [3.8, 4) is 6.07 Å². The summed E-state index contributed by atoms with van der Waals surface area (Å²) in [4.78, 5) is 2.55. The van der Waals surface area contributed by atoms with Crippen molar-refractivity contribution in [3.63, 3.8) is 0 Å². The van der Waals surface area contributed by atoms with E-state index in [1.165, 1.54) is 37.9 Å². The number of benzene rings is 1. The van der Waals surface area contributed by atoms with Gasteiger partial charge in [-0.3, -0.25) is 4.90 Å². The Morgan fingerprint density at radius 2 is 2.15 bits per heavy atom. The molecule has 1 unspecified atom stereocenters. The molecule has 1 N–H and O–H groups in total. The summed E-state index contributed by atoms with van der Waals surface area (Å²) in [6, 6.07) is 10.7. The number of nitriles is 1. The monoisotopic (exact) mass is 271 g/mol. The summed E-state index contributed by atoms with van der Waals surface area (Å²) < 4.78 is 0. The van der Waals surface area contributed by atoms with Gasteiger partial charge in [0.15, 0.2) is 0 Å². The Morgan fingerprint density at radius 1 is 1.40 bits per heavy atom. The van der Waals surface area contributed by atoms with Gasteiger partial charge in [-0.25, -0.2) is 0 Å². The van der Waals surface area contributed by atoms with Gasteiger partial charge >= 0.3 is 0 Å². The lowest BCUT2D eigenvalue weighted by atomic mass is 9.92. The summed E-state index contributed by atoms with van der Waals surface area (Å²) in [7, 11) is 2.03. The van der Waals surface area contributed by atoms with E-state index in [1.54, 1.807) is 0 Å². The Bertz CT molecular complexity index is 456. The fourth-order valence-corrected chi connectivity index (χ4v) is 3.06. The summed E-state index contributed by atoms with van der Waals surface area (Å²) in [5, 5.41) is 12.2. The molecule has 3 nitrogen and oxygen atoms in total. The molecule has 2 rings (SSSR count). The third-order valence-corrected chi connectivity index (χ3v) is 4.50. The molecule has 1 aromatic carbocycles. The van der Waals surface area contributed by atoms with E-state index in [2.05, 4.69) is 29.3 Å². The highest BCUT2D eigenvalue weighted by Crippen LogP contribution is 2.28. The van der Waals surface area contributed by atoms with E-state index in [-0.39, 0.29) is 0 Å². The van der Waals surface area contributed by atoms with Crippen LogP contribution in [-0.2, 0) is 0 Å². The van der Waals surface area contributed by atoms with Gasteiger partial charge in [0.05, 0.1) is 11.6 Å². The van der Waals surface area contributed by atoms with Gasteiger partial charge in [-0.05, 0) is 76.5 Å². The zero-order chi connectivity index (χ0) is 14.4. The first kappa shape index (κ1) is 15.0. The maximum atomic E-state index is 9.00. The van der Waals surface area contributed by atoms with Crippen LogP contribution in [0.3, 0.4) is 0 Å². The van der Waals surface area contributed by atoms with E-state index >= 15 is 0 Å². The van der Waals surface area contributed by atoms with Crippen LogP contribution in [-0.4, -0.2) is 31.6 Å². The van der Waals surface area contributed by atoms with E-state index < -0.39 is 0 Å². The number of hydrogen-bond acceptors (Lipinski definition) is 3. The molecule has 0 aromatic heterocycles. The van der Waals surface area contributed by atoms with Crippen LogP contribution in [0.4, 0.5) is 0 Å². The van der Waals surface area contributed by atoms with Gasteiger partial charge in [0, 0.05) is 6.04 Å². The topological polar surface area (TPSA) is 39.1 Å². The van der Waals surface area contributed by atoms with Crippen molar-refractivity contribution < 1.29 is 0 Å². The largest absolute Gasteiger partial charge is 0.320 e. The molecule has 1 aliphatic heterocycles. The number of piperidine rings is 1. The highest BCUT2D eigenvalue weighted by molar-refractivity contribution is 5.34. The number of nitrogens with one attached hydrogen (secondary N) is 1. The molecule has 0 bridgehead atoms. The Labute approximate surface area is 122 Å². The lowest BCUT2D eigenvalue weighted by molar-refractivity contribution is 0.137. The zero-order valence-electron chi connectivity index (χ0n) is 12.6. The minimum Gasteiger partial charge on any atom is -0.320 e. The first-order valence-corrected chi connectivity index (χ1v) is 7.63. The third-order valence-electron chi connectivity index (χ3n) is 4.50. The first-order valence-electron chi connectivity index (χ1n) is 7.63. The van der Waals surface area contributed by atoms with E-state index in [4.69, 9.17) is 5.26 Å². The highest BCUT2D eigenvalue weighted by Gasteiger charge is 2.23. The second-order valence-electron chi connectivity index (χ2n) is 5.78. The van der Waals surface area contributed by atoms with Crippen LogP contribution in [0, 0.1) is 17.2 Å². The van der Waals surface area contributed by atoms with Gasteiger partial charge in [-0.15, -0.1) is 0 Å². The lowest BCUT2D eigenvalue weighted by Gasteiger charge is -2.36. The van der Waals surface area contributed by atoms with Gasteiger partial charge in [0.25, 0.3) is 0 Å². The molecule has 0 radical (unpaired) electrons. The smallest absolute Gasteiger partial charge is 0.0991 e. The number of rotatable bonds is 5. The average Bonchev–Trinajstić information content (AvgIpc) is 2.52. The van der Waals surface area contributed by atoms with Gasteiger partial charge < -0.3 is 5.32 Å². The molecule has 108 valence electrons. The minimum atomic E-state index is 0.411. The second kappa shape index (κ2) is 7.42. The average molecular weight is 271 g/mol. The van der Waals surface area contributed by atoms with Gasteiger partial charge in [-0.2, -0.15) is 5.26 Å². The van der Waals surface area contributed by atoms with Crippen molar-refractivity contribution in [3.05, 3.63) is 35.4 Å². The molecular weight excluding hydrogens is 246 g/mol. The number of likely N-dealkylation sites (tertiary alicyclic amines) is 1. The Morgan fingerprint density at radius 3 is 2.80 bits per heavy atom. The Kier molecular flexibility index (Phi) is 5.58. The maximum Gasteiger partial charge on any atom is 0.0991 e. The molecule has 1 aromatic rings. The van der Waals surface area contributed by atoms with Crippen LogP contribution < -0.4 is 5.32 Å². The summed E-state index contributed by atoms with van der Waals surface area (Å²) in [6.45, 7) is 5.73. The van der Waals surface area contributed by atoms with Crippen molar-refractivity contribution in [2.24, 2.45) is 5.92 Å². The predicted octanol–water partition coefficient (Wildman–Crippen LogP) is 2.94. The molecule has 0 spiro atoms. The molecule has 1 aliphatic rings. The standard InChI is InChI=1S/C17H25N3/c1-14(17-5-3-4-16(12-17)13-18)20-10-7-15(8-11-20)6-9-19-2/h3-5,12,14-15,19H,6-11H2,1-2H3.